The van der Waals surface area contributed by atoms with Crippen LogP contribution in [0.1, 0.15) is 108 Å². The van der Waals surface area contributed by atoms with E-state index in [-0.39, 0.29) is 41.1 Å². The van der Waals surface area contributed by atoms with Crippen molar-refractivity contribution in [3.63, 3.8) is 0 Å². The quantitative estimate of drug-likeness (QED) is 0.301. The molecular weight excluding hydrogens is 668 g/mol. The van der Waals surface area contributed by atoms with Gasteiger partial charge in [-0.25, -0.2) is 9.11 Å². The predicted molar refractivity (Wildman–Crippen MR) is 194 cm³/mol. The van der Waals surface area contributed by atoms with Crippen LogP contribution in [0.4, 0.5) is 10.1 Å². The summed E-state index contributed by atoms with van der Waals surface area (Å²) in [5, 5.41) is 0. The Morgan fingerprint density at radius 3 is 2.37 bits per heavy atom. The summed E-state index contributed by atoms with van der Waals surface area (Å²) in [7, 11) is 0.461. The van der Waals surface area contributed by atoms with Gasteiger partial charge in [0.25, 0.3) is 5.91 Å². The first-order valence-electron chi connectivity index (χ1n) is 18.4. The topological polar surface area (TPSA) is 99.3 Å². The third-order valence-corrected chi connectivity index (χ3v) is 13.9. The summed E-state index contributed by atoms with van der Waals surface area (Å²) in [5.74, 6) is 0.883. The van der Waals surface area contributed by atoms with Crippen LogP contribution in [0.2, 0.25) is 0 Å². The highest BCUT2D eigenvalue weighted by Gasteiger charge is 2.66. The standard InChI is InChI=1S/C40H47FN4O5S/c1-43(2)51(48,49)42-38(46)28-12-14-32-35(21-28)45-24-40(39(47)44-18-16-25(17-19-44)27-10-7-11-29(41)20-27)23-34(40)33-22-30(50-3)13-15-31(33)37(45)36(32)26-8-5-4-6-9-26/h7,10-15,20-22,25-26,34,36-37H,4-6,8-9,16-19,23-24H2,1-3H3,(H,42,46). The number of nitrogens with one attached hydrogen (secondary N) is 1. The molecule has 0 radical (unpaired) electrons. The molecule has 0 aromatic heterocycles. The number of likely N-dealkylation sites (tertiary alicyclic amines) is 1. The molecule has 3 fully saturated rings. The number of ether oxygens (including phenoxy) is 1. The molecule has 270 valence electrons. The second-order valence-corrected chi connectivity index (χ2v) is 17.4. The van der Waals surface area contributed by atoms with Gasteiger partial charge in [-0.1, -0.05) is 43.5 Å². The van der Waals surface area contributed by atoms with Crippen LogP contribution in [0.25, 0.3) is 0 Å². The molecule has 2 saturated carbocycles. The van der Waals surface area contributed by atoms with Crippen molar-refractivity contribution in [1.29, 1.82) is 0 Å². The number of anilines is 1. The van der Waals surface area contributed by atoms with Crippen molar-refractivity contribution in [3.05, 3.63) is 94.3 Å². The van der Waals surface area contributed by atoms with Crippen LogP contribution < -0.4 is 14.4 Å². The summed E-state index contributed by atoms with van der Waals surface area (Å²) >= 11 is 0. The van der Waals surface area contributed by atoms with E-state index in [0.29, 0.717) is 25.6 Å². The van der Waals surface area contributed by atoms with E-state index in [1.165, 1.54) is 56.1 Å². The van der Waals surface area contributed by atoms with Crippen molar-refractivity contribution in [3.8, 4) is 5.75 Å². The SMILES string of the molecule is COc1ccc2c(c1)C1CC1(C(=O)N1CCC(c3cccc(F)c3)CC1)CN1c3cc(C(=O)NS(=O)(=O)N(C)C)ccc3C(C3CCCCC3)C21. The number of rotatable bonds is 7. The lowest BCUT2D eigenvalue weighted by atomic mass is 9.72. The van der Waals surface area contributed by atoms with Crippen molar-refractivity contribution >= 4 is 27.7 Å². The fourth-order valence-electron chi connectivity index (χ4n) is 9.78. The summed E-state index contributed by atoms with van der Waals surface area (Å²) in [6, 6.07) is 18.8. The number of benzene rings is 3. The van der Waals surface area contributed by atoms with Gasteiger partial charge in [0.1, 0.15) is 11.6 Å². The fourth-order valence-corrected chi connectivity index (χ4v) is 10.3. The lowest BCUT2D eigenvalue weighted by Crippen LogP contribution is -2.46. The monoisotopic (exact) mass is 714 g/mol. The Labute approximate surface area is 300 Å². The Balaban J connectivity index is 1.18. The minimum atomic E-state index is -3.98. The van der Waals surface area contributed by atoms with Crippen molar-refractivity contribution in [2.24, 2.45) is 11.3 Å². The average Bonchev–Trinajstić information content (AvgIpc) is 3.81. The molecule has 1 N–H and O–H groups in total. The molecule has 2 aliphatic carbocycles. The molecule has 0 bridgehead atoms. The lowest BCUT2D eigenvalue weighted by molar-refractivity contribution is -0.138. The minimum absolute atomic E-state index is 0.0241. The van der Waals surface area contributed by atoms with E-state index in [1.54, 1.807) is 25.3 Å². The molecule has 4 atom stereocenters. The van der Waals surface area contributed by atoms with E-state index in [0.717, 1.165) is 53.4 Å². The van der Waals surface area contributed by atoms with E-state index in [4.69, 9.17) is 4.74 Å². The molecule has 11 heteroatoms. The van der Waals surface area contributed by atoms with Crippen molar-refractivity contribution in [2.45, 2.75) is 75.2 Å². The second kappa shape index (κ2) is 12.9. The number of amides is 2. The molecule has 3 aliphatic heterocycles. The smallest absolute Gasteiger partial charge is 0.303 e. The third-order valence-electron chi connectivity index (χ3n) is 12.5. The van der Waals surface area contributed by atoms with Gasteiger partial charge in [-0.05, 0) is 103 Å². The molecule has 3 aromatic rings. The predicted octanol–water partition coefficient (Wildman–Crippen LogP) is 6.49. The Kier molecular flexibility index (Phi) is 8.65. The Morgan fingerprint density at radius 1 is 0.922 bits per heavy atom. The maximum atomic E-state index is 14.9. The van der Waals surface area contributed by atoms with E-state index in [2.05, 4.69) is 21.8 Å². The summed E-state index contributed by atoms with van der Waals surface area (Å²) in [6.45, 7) is 1.75. The molecule has 5 aliphatic rings. The number of piperidine rings is 1. The first kappa shape index (κ1) is 34.1. The van der Waals surface area contributed by atoms with Crippen LogP contribution in [0.15, 0.2) is 60.7 Å². The van der Waals surface area contributed by atoms with Gasteiger partial charge in [-0.2, -0.15) is 12.7 Å². The zero-order valence-corrected chi connectivity index (χ0v) is 30.4. The van der Waals surface area contributed by atoms with Crippen LogP contribution in [-0.4, -0.2) is 70.3 Å². The van der Waals surface area contributed by atoms with E-state index in [9.17, 15) is 22.4 Å². The zero-order valence-electron chi connectivity index (χ0n) is 29.6. The number of hydrogen-bond acceptors (Lipinski definition) is 6. The minimum Gasteiger partial charge on any atom is -0.497 e. The van der Waals surface area contributed by atoms with Crippen LogP contribution in [0.5, 0.6) is 5.75 Å². The number of fused-ring (bicyclic) bond motifs is 7. The van der Waals surface area contributed by atoms with Crippen LogP contribution in [0, 0.1) is 17.2 Å². The van der Waals surface area contributed by atoms with Crippen molar-refractivity contribution in [2.75, 3.05) is 45.7 Å². The zero-order chi connectivity index (χ0) is 35.7. The maximum absolute atomic E-state index is 14.9. The van der Waals surface area contributed by atoms with Gasteiger partial charge in [-0.15, -0.1) is 0 Å². The Bertz CT molecular complexity index is 1970. The summed E-state index contributed by atoms with van der Waals surface area (Å²) < 4.78 is 48.2. The second-order valence-electron chi connectivity index (χ2n) is 15.5. The summed E-state index contributed by atoms with van der Waals surface area (Å²) in [4.78, 5) is 32.7. The normalized spacial score (nSPS) is 26.1. The molecule has 3 heterocycles. The maximum Gasteiger partial charge on any atom is 0.303 e. The van der Waals surface area contributed by atoms with Gasteiger partial charge >= 0.3 is 10.2 Å². The Morgan fingerprint density at radius 2 is 1.67 bits per heavy atom. The highest BCUT2D eigenvalue weighted by atomic mass is 32.2. The fraction of sp³-hybridized carbons (Fsp3) is 0.500. The average molecular weight is 715 g/mol. The number of nitrogens with zero attached hydrogens (tertiary/aromatic N) is 3. The molecule has 9 nitrogen and oxygen atoms in total. The highest BCUT2D eigenvalue weighted by molar-refractivity contribution is 7.87. The number of halogens is 1. The lowest BCUT2D eigenvalue weighted by Gasteiger charge is -2.38. The van der Waals surface area contributed by atoms with Gasteiger partial charge in [0.05, 0.1) is 18.6 Å². The van der Waals surface area contributed by atoms with Gasteiger partial charge < -0.3 is 14.5 Å². The van der Waals surface area contributed by atoms with E-state index < -0.39 is 21.5 Å². The van der Waals surface area contributed by atoms with Gasteiger partial charge in [0.2, 0.25) is 5.91 Å². The van der Waals surface area contributed by atoms with Crippen molar-refractivity contribution in [1.82, 2.24) is 13.9 Å². The largest absolute Gasteiger partial charge is 0.497 e. The first-order chi connectivity index (χ1) is 24.5. The number of carbonyl (C=O) groups is 2. The van der Waals surface area contributed by atoms with Crippen LogP contribution >= 0.6 is 0 Å². The molecular formula is C40H47FN4O5S. The number of carbonyl (C=O) groups excluding carboxylic acids is 2. The van der Waals surface area contributed by atoms with Gasteiger partial charge in [-0.3, -0.25) is 9.59 Å². The van der Waals surface area contributed by atoms with Crippen LogP contribution in [0.3, 0.4) is 0 Å². The molecule has 0 spiro atoms. The third kappa shape index (κ3) is 5.90. The molecule has 4 unspecified atom stereocenters. The molecule has 8 rings (SSSR count). The molecule has 2 amide bonds. The Hall–Kier alpha value is -3.96. The highest BCUT2D eigenvalue weighted by Crippen LogP contribution is 2.68. The molecule has 1 saturated heterocycles. The number of methoxy groups -OCH3 is 1. The molecule has 51 heavy (non-hydrogen) atoms. The van der Waals surface area contributed by atoms with E-state index >= 15 is 0 Å². The number of hydrogen-bond donors (Lipinski definition) is 1. The molecule has 3 aromatic carbocycles. The summed E-state index contributed by atoms with van der Waals surface area (Å²) in [6.07, 6.45) is 8.13. The van der Waals surface area contributed by atoms with Crippen molar-refractivity contribution < 1.29 is 27.1 Å². The van der Waals surface area contributed by atoms with Crippen LogP contribution in [-0.2, 0) is 15.0 Å². The van der Waals surface area contributed by atoms with Gasteiger partial charge in [0.15, 0.2) is 0 Å². The van der Waals surface area contributed by atoms with E-state index in [1.807, 2.05) is 29.2 Å². The van der Waals surface area contributed by atoms with Gasteiger partial charge in [0, 0.05) is 56.8 Å². The summed E-state index contributed by atoms with van der Waals surface area (Å²) in [5.41, 5.74) is 5.08. The first-order valence-corrected chi connectivity index (χ1v) is 19.8.